The highest BCUT2D eigenvalue weighted by Crippen LogP contribution is 2.25. The number of ether oxygens (including phenoxy) is 1. The van der Waals surface area contributed by atoms with Crippen molar-refractivity contribution in [3.63, 3.8) is 0 Å². The quantitative estimate of drug-likeness (QED) is 0.722. The van der Waals surface area contributed by atoms with E-state index in [-0.39, 0.29) is 0 Å². The number of nitrogens with zero attached hydrogens (tertiary/aromatic N) is 1. The van der Waals surface area contributed by atoms with E-state index in [1.165, 1.54) is 5.56 Å². The Kier molecular flexibility index (Phi) is 3.75. The van der Waals surface area contributed by atoms with E-state index in [2.05, 4.69) is 42.7 Å². The molecule has 2 atom stereocenters. The summed E-state index contributed by atoms with van der Waals surface area (Å²) in [4.78, 5) is 2.43. The maximum atomic E-state index is 5.75. The highest BCUT2D eigenvalue weighted by Gasteiger charge is 2.26. The van der Waals surface area contributed by atoms with E-state index < -0.39 is 0 Å². The Morgan fingerprint density at radius 3 is 2.88 bits per heavy atom. The van der Waals surface area contributed by atoms with Crippen molar-refractivity contribution in [1.82, 2.24) is 4.90 Å². The fourth-order valence-corrected chi connectivity index (χ4v) is 2.22. The molecular formula is C14H19NO. The predicted molar refractivity (Wildman–Crippen MR) is 66.4 cm³/mol. The van der Waals surface area contributed by atoms with Gasteiger partial charge in [0.05, 0.1) is 18.8 Å². The van der Waals surface area contributed by atoms with Crippen LogP contribution in [0, 0.1) is 0 Å². The number of morpholine rings is 1. The first kappa shape index (κ1) is 11.4. The summed E-state index contributed by atoms with van der Waals surface area (Å²) in [6.07, 6.45) is 2.29. The van der Waals surface area contributed by atoms with Gasteiger partial charge in [0.2, 0.25) is 0 Å². The van der Waals surface area contributed by atoms with Gasteiger partial charge in [-0.25, -0.2) is 0 Å². The second-order valence-corrected chi connectivity index (χ2v) is 4.31. The van der Waals surface area contributed by atoms with E-state index in [0.29, 0.717) is 12.1 Å². The average Bonchev–Trinajstić information content (AvgIpc) is 2.31. The summed E-state index contributed by atoms with van der Waals surface area (Å²) in [5.74, 6) is 0. The van der Waals surface area contributed by atoms with Crippen LogP contribution in [0.2, 0.25) is 0 Å². The lowest BCUT2D eigenvalue weighted by Gasteiger charge is -2.38. The molecule has 1 heterocycles. The van der Waals surface area contributed by atoms with Gasteiger partial charge in [-0.2, -0.15) is 0 Å². The summed E-state index contributed by atoms with van der Waals surface area (Å²) < 4.78 is 5.75. The van der Waals surface area contributed by atoms with Crippen molar-refractivity contribution in [2.24, 2.45) is 0 Å². The van der Waals surface area contributed by atoms with Crippen molar-refractivity contribution < 1.29 is 4.74 Å². The lowest BCUT2D eigenvalue weighted by molar-refractivity contribution is -0.0516. The molecule has 1 saturated heterocycles. The van der Waals surface area contributed by atoms with Gasteiger partial charge in [-0.1, -0.05) is 36.4 Å². The van der Waals surface area contributed by atoms with Crippen molar-refractivity contribution in [2.75, 3.05) is 19.7 Å². The zero-order valence-electron chi connectivity index (χ0n) is 9.80. The third kappa shape index (κ3) is 2.52. The molecule has 0 N–H and O–H groups in total. The van der Waals surface area contributed by atoms with E-state index in [0.717, 1.165) is 19.7 Å². The number of benzene rings is 1. The molecule has 0 amide bonds. The first-order valence-corrected chi connectivity index (χ1v) is 5.82. The van der Waals surface area contributed by atoms with Gasteiger partial charge in [-0.05, 0) is 12.5 Å². The molecule has 2 heteroatoms. The van der Waals surface area contributed by atoms with Crippen LogP contribution in [0.3, 0.4) is 0 Å². The number of hydrogen-bond acceptors (Lipinski definition) is 2. The zero-order valence-corrected chi connectivity index (χ0v) is 9.80. The minimum atomic E-state index is 0.319. The minimum absolute atomic E-state index is 0.319. The highest BCUT2D eigenvalue weighted by molar-refractivity contribution is 5.19. The SMILES string of the molecule is C=CCN1CC(C)OCC1c1ccccc1. The normalized spacial score (nSPS) is 26.6. The Hall–Kier alpha value is -1.12. The largest absolute Gasteiger partial charge is 0.375 e. The summed E-state index contributed by atoms with van der Waals surface area (Å²) in [7, 11) is 0. The third-order valence-corrected chi connectivity index (χ3v) is 3.02. The molecule has 1 aromatic rings. The molecule has 0 radical (unpaired) electrons. The van der Waals surface area contributed by atoms with Crippen molar-refractivity contribution >= 4 is 0 Å². The average molecular weight is 217 g/mol. The van der Waals surface area contributed by atoms with Crippen molar-refractivity contribution in [3.8, 4) is 0 Å². The number of rotatable bonds is 3. The monoisotopic (exact) mass is 217 g/mol. The fourth-order valence-electron chi connectivity index (χ4n) is 2.22. The van der Waals surface area contributed by atoms with E-state index >= 15 is 0 Å². The Morgan fingerprint density at radius 1 is 1.44 bits per heavy atom. The Morgan fingerprint density at radius 2 is 2.19 bits per heavy atom. The van der Waals surface area contributed by atoms with Gasteiger partial charge >= 0.3 is 0 Å². The van der Waals surface area contributed by atoms with Crippen molar-refractivity contribution in [3.05, 3.63) is 48.6 Å². The van der Waals surface area contributed by atoms with E-state index in [9.17, 15) is 0 Å². The van der Waals surface area contributed by atoms with Crippen LogP contribution < -0.4 is 0 Å². The molecule has 0 bridgehead atoms. The second kappa shape index (κ2) is 5.28. The summed E-state index contributed by atoms with van der Waals surface area (Å²) in [6, 6.07) is 10.9. The van der Waals surface area contributed by atoms with Crippen LogP contribution >= 0.6 is 0 Å². The lowest BCUT2D eigenvalue weighted by atomic mass is 10.0. The lowest BCUT2D eigenvalue weighted by Crippen LogP contribution is -2.43. The molecule has 16 heavy (non-hydrogen) atoms. The summed E-state index contributed by atoms with van der Waals surface area (Å²) >= 11 is 0. The molecule has 86 valence electrons. The van der Waals surface area contributed by atoms with Crippen LogP contribution in [-0.4, -0.2) is 30.7 Å². The molecule has 1 aliphatic heterocycles. The molecule has 0 saturated carbocycles. The molecule has 2 rings (SSSR count). The maximum absolute atomic E-state index is 5.75. The first-order chi connectivity index (χ1) is 7.81. The van der Waals surface area contributed by atoms with Crippen LogP contribution in [0.5, 0.6) is 0 Å². The second-order valence-electron chi connectivity index (χ2n) is 4.31. The predicted octanol–water partition coefficient (Wildman–Crippen LogP) is 2.63. The Balaban J connectivity index is 2.15. The standard InChI is InChI=1S/C14H19NO/c1-3-9-15-10-12(2)16-11-14(15)13-7-5-4-6-8-13/h3-8,12,14H,1,9-11H2,2H3. The first-order valence-electron chi connectivity index (χ1n) is 5.82. The van der Waals surface area contributed by atoms with Crippen LogP contribution in [0.4, 0.5) is 0 Å². The van der Waals surface area contributed by atoms with Crippen LogP contribution in [0.1, 0.15) is 18.5 Å². The van der Waals surface area contributed by atoms with Gasteiger partial charge in [0.25, 0.3) is 0 Å². The van der Waals surface area contributed by atoms with Crippen LogP contribution in [0.25, 0.3) is 0 Å². The smallest absolute Gasteiger partial charge is 0.0675 e. The van der Waals surface area contributed by atoms with Gasteiger partial charge < -0.3 is 4.74 Å². The molecule has 1 aromatic carbocycles. The zero-order chi connectivity index (χ0) is 11.4. The highest BCUT2D eigenvalue weighted by atomic mass is 16.5. The van der Waals surface area contributed by atoms with Crippen LogP contribution in [0.15, 0.2) is 43.0 Å². The summed E-state index contributed by atoms with van der Waals surface area (Å²) in [5.41, 5.74) is 1.33. The summed E-state index contributed by atoms with van der Waals surface area (Å²) in [5, 5.41) is 0. The van der Waals surface area contributed by atoms with Crippen LogP contribution in [-0.2, 0) is 4.74 Å². The molecule has 0 aliphatic carbocycles. The Bertz CT molecular complexity index is 336. The number of hydrogen-bond donors (Lipinski definition) is 0. The minimum Gasteiger partial charge on any atom is -0.375 e. The molecule has 1 fully saturated rings. The van der Waals surface area contributed by atoms with Gasteiger partial charge in [-0.3, -0.25) is 4.90 Å². The van der Waals surface area contributed by atoms with E-state index in [1.54, 1.807) is 0 Å². The molecule has 2 unspecified atom stereocenters. The van der Waals surface area contributed by atoms with Gasteiger partial charge in [0, 0.05) is 13.1 Å². The molecule has 0 spiro atoms. The van der Waals surface area contributed by atoms with Crippen molar-refractivity contribution in [2.45, 2.75) is 19.1 Å². The van der Waals surface area contributed by atoms with Gasteiger partial charge in [-0.15, -0.1) is 6.58 Å². The van der Waals surface area contributed by atoms with E-state index in [4.69, 9.17) is 4.74 Å². The maximum Gasteiger partial charge on any atom is 0.0675 e. The van der Waals surface area contributed by atoms with Gasteiger partial charge in [0.15, 0.2) is 0 Å². The molecule has 1 aliphatic rings. The molecular weight excluding hydrogens is 198 g/mol. The molecule has 2 nitrogen and oxygen atoms in total. The van der Waals surface area contributed by atoms with E-state index in [1.807, 2.05) is 12.1 Å². The fraction of sp³-hybridized carbons (Fsp3) is 0.429. The Labute approximate surface area is 97.5 Å². The van der Waals surface area contributed by atoms with Gasteiger partial charge in [0.1, 0.15) is 0 Å². The summed E-state index contributed by atoms with van der Waals surface area (Å²) in [6.45, 7) is 8.63. The third-order valence-electron chi connectivity index (χ3n) is 3.02. The molecule has 0 aromatic heterocycles. The van der Waals surface area contributed by atoms with Crippen molar-refractivity contribution in [1.29, 1.82) is 0 Å². The topological polar surface area (TPSA) is 12.5 Å².